The quantitative estimate of drug-likeness (QED) is 0.1000. The highest BCUT2D eigenvalue weighted by Gasteiger charge is 2.29. The molecule has 43 heavy (non-hydrogen) atoms. The molecule has 2 amide bonds. The van der Waals surface area contributed by atoms with E-state index in [0.717, 1.165) is 28.7 Å². The number of unbranched alkanes of at least 4 members (excludes halogenated alkanes) is 2. The molecule has 0 unspecified atom stereocenters. The molecule has 0 aromatic heterocycles. The summed E-state index contributed by atoms with van der Waals surface area (Å²) in [5.41, 5.74) is 6.74. The van der Waals surface area contributed by atoms with Gasteiger partial charge in [-0.25, -0.2) is 4.79 Å². The van der Waals surface area contributed by atoms with E-state index in [4.69, 9.17) is 4.74 Å². The average Bonchev–Trinajstić information content (AvgIpc) is 2.95. The maximum atomic E-state index is 13.5. The van der Waals surface area contributed by atoms with Crippen molar-refractivity contribution in [3.05, 3.63) is 78.6 Å². The fourth-order valence-electron chi connectivity index (χ4n) is 4.74. The summed E-state index contributed by atoms with van der Waals surface area (Å²) in [6.45, 7) is 16.2. The number of carbonyl (C=O) groups is 5. The van der Waals surface area contributed by atoms with Crippen molar-refractivity contribution in [1.82, 2.24) is 10.6 Å². The molecule has 230 valence electrons. The topological polar surface area (TPSA) is 119 Å². The van der Waals surface area contributed by atoms with Crippen LogP contribution in [0.2, 0.25) is 0 Å². The van der Waals surface area contributed by atoms with Crippen LogP contribution in [0.4, 0.5) is 0 Å². The van der Waals surface area contributed by atoms with Crippen molar-refractivity contribution >= 4 is 40.5 Å². The maximum Gasteiger partial charge on any atom is 0.328 e. The van der Waals surface area contributed by atoms with Crippen LogP contribution < -0.4 is 10.6 Å². The van der Waals surface area contributed by atoms with E-state index in [0.29, 0.717) is 37.7 Å². The van der Waals surface area contributed by atoms with Crippen molar-refractivity contribution in [3.8, 4) is 0 Å². The van der Waals surface area contributed by atoms with Crippen LogP contribution in [0.15, 0.2) is 67.5 Å². The summed E-state index contributed by atoms with van der Waals surface area (Å²) < 4.78 is 5.32. The Balaban J connectivity index is 2.17. The van der Waals surface area contributed by atoms with Crippen molar-refractivity contribution in [1.29, 1.82) is 0 Å². The van der Waals surface area contributed by atoms with Gasteiger partial charge in [0.2, 0.25) is 11.8 Å². The lowest BCUT2D eigenvalue weighted by atomic mass is 9.86. The molecule has 1 aromatic rings. The molecule has 0 aliphatic heterocycles. The summed E-state index contributed by atoms with van der Waals surface area (Å²) in [5, 5.41) is 5.57. The Bertz CT molecular complexity index is 1320. The van der Waals surface area contributed by atoms with Gasteiger partial charge in [0.15, 0.2) is 11.6 Å². The Morgan fingerprint density at radius 1 is 0.977 bits per heavy atom. The van der Waals surface area contributed by atoms with E-state index in [9.17, 15) is 24.0 Å². The normalized spacial score (nSPS) is 13.5. The Morgan fingerprint density at radius 3 is 2.33 bits per heavy atom. The minimum Gasteiger partial charge on any atom is -0.461 e. The third kappa shape index (κ3) is 11.8. The molecular formula is C35H44N2O6. The van der Waals surface area contributed by atoms with Crippen molar-refractivity contribution in [2.75, 3.05) is 0 Å². The van der Waals surface area contributed by atoms with Gasteiger partial charge in [0.25, 0.3) is 0 Å². The summed E-state index contributed by atoms with van der Waals surface area (Å²) >= 11 is 0. The van der Waals surface area contributed by atoms with E-state index in [1.807, 2.05) is 30.3 Å². The second-order valence-electron chi connectivity index (χ2n) is 11.0. The lowest BCUT2D eigenvalue weighted by Gasteiger charge is -2.24. The van der Waals surface area contributed by atoms with Gasteiger partial charge in [-0.3, -0.25) is 19.2 Å². The van der Waals surface area contributed by atoms with Crippen LogP contribution in [-0.4, -0.2) is 47.5 Å². The molecule has 2 N–H and O–H groups in total. The summed E-state index contributed by atoms with van der Waals surface area (Å²) in [4.78, 5) is 63.1. The highest BCUT2D eigenvalue weighted by Crippen LogP contribution is 2.34. The van der Waals surface area contributed by atoms with Crippen LogP contribution in [0.5, 0.6) is 0 Å². The van der Waals surface area contributed by atoms with Crippen LogP contribution in [-0.2, 0) is 28.7 Å². The molecule has 2 atom stereocenters. The first-order valence-corrected chi connectivity index (χ1v) is 14.8. The molecule has 0 fully saturated rings. The molecule has 8 nitrogen and oxygen atoms in total. The van der Waals surface area contributed by atoms with Crippen LogP contribution >= 0.6 is 0 Å². The van der Waals surface area contributed by atoms with Crippen LogP contribution in [0.25, 0.3) is 11.1 Å². The Kier molecular flexibility index (Phi) is 14.3. The molecule has 8 heteroatoms. The number of ketones is 2. The number of esters is 1. The van der Waals surface area contributed by atoms with Crippen molar-refractivity contribution in [3.63, 3.8) is 0 Å². The summed E-state index contributed by atoms with van der Waals surface area (Å²) in [5.74, 6) is -1.85. The van der Waals surface area contributed by atoms with Gasteiger partial charge in [-0.15, -0.1) is 5.73 Å². The van der Waals surface area contributed by atoms with Crippen LogP contribution in [0.1, 0.15) is 89.7 Å². The molecule has 0 spiro atoms. The number of rotatable bonds is 18. The van der Waals surface area contributed by atoms with E-state index >= 15 is 0 Å². The molecule has 0 saturated carbocycles. The van der Waals surface area contributed by atoms with Crippen molar-refractivity contribution < 1.29 is 28.7 Å². The van der Waals surface area contributed by atoms with Gasteiger partial charge in [0, 0.05) is 12.5 Å². The summed E-state index contributed by atoms with van der Waals surface area (Å²) in [7, 11) is 0. The first-order chi connectivity index (χ1) is 20.4. The van der Waals surface area contributed by atoms with E-state index in [1.165, 1.54) is 13.0 Å². The third-order valence-electron chi connectivity index (χ3n) is 7.12. The van der Waals surface area contributed by atoms with E-state index < -0.39 is 30.1 Å². The molecule has 1 aliphatic rings. The van der Waals surface area contributed by atoms with E-state index in [1.54, 1.807) is 13.8 Å². The molecule has 2 rings (SSSR count). The Hall–Kier alpha value is -4.29. The van der Waals surface area contributed by atoms with Crippen LogP contribution in [0, 0.1) is 0 Å². The van der Waals surface area contributed by atoms with Gasteiger partial charge in [-0.05, 0) is 80.7 Å². The van der Waals surface area contributed by atoms with Crippen LogP contribution in [0.3, 0.4) is 0 Å². The van der Waals surface area contributed by atoms with Crippen molar-refractivity contribution in [2.24, 2.45) is 0 Å². The largest absolute Gasteiger partial charge is 0.461 e. The van der Waals surface area contributed by atoms with Gasteiger partial charge in [0.1, 0.15) is 12.1 Å². The molecular weight excluding hydrogens is 544 g/mol. The highest BCUT2D eigenvalue weighted by molar-refractivity contribution is 5.97. The first kappa shape index (κ1) is 34.9. The monoisotopic (exact) mass is 588 g/mol. The minimum absolute atomic E-state index is 0.0173. The van der Waals surface area contributed by atoms with Crippen molar-refractivity contribution in [2.45, 2.75) is 96.7 Å². The third-order valence-corrected chi connectivity index (χ3v) is 7.12. The second-order valence-corrected chi connectivity index (χ2v) is 11.0. The Morgan fingerprint density at radius 2 is 1.67 bits per heavy atom. The van der Waals surface area contributed by atoms with Gasteiger partial charge < -0.3 is 15.4 Å². The van der Waals surface area contributed by atoms with Gasteiger partial charge in [-0.1, -0.05) is 62.9 Å². The number of fused-ring (bicyclic) bond motifs is 1. The number of Topliss-reactive ketones (excluding diaryl/α,β-unsaturated/α-hetero) is 1. The predicted octanol–water partition coefficient (Wildman–Crippen LogP) is 5.58. The molecule has 0 radical (unpaired) electrons. The Labute approximate surface area is 255 Å². The zero-order valence-corrected chi connectivity index (χ0v) is 25.6. The average molecular weight is 589 g/mol. The molecule has 0 bridgehead atoms. The number of amides is 2. The lowest BCUT2D eigenvalue weighted by Crippen LogP contribution is -2.52. The SMILES string of the molecule is C=C=CC(=O)CC[C@H](NC(=O)[C@H](CCCCCC(=C)C(C)=O)NC(=O)CC1=CCC(=C)c2ccccc21)C(=O)OC(C)C. The lowest BCUT2D eigenvalue weighted by molar-refractivity contribution is -0.152. The first-order valence-electron chi connectivity index (χ1n) is 14.8. The van der Waals surface area contributed by atoms with E-state index in [2.05, 4.69) is 36.1 Å². The summed E-state index contributed by atoms with van der Waals surface area (Å²) in [6, 6.07) is 5.77. The van der Waals surface area contributed by atoms with E-state index in [-0.39, 0.29) is 36.7 Å². The van der Waals surface area contributed by atoms with Gasteiger partial charge in [0.05, 0.1) is 12.5 Å². The molecule has 0 saturated heterocycles. The number of benzene rings is 1. The molecule has 1 aliphatic carbocycles. The fourth-order valence-corrected chi connectivity index (χ4v) is 4.74. The summed E-state index contributed by atoms with van der Waals surface area (Å²) in [6.07, 6.45) is 6.38. The number of carbonyl (C=O) groups excluding carboxylic acids is 5. The number of ether oxygens (including phenoxy) is 1. The fraction of sp³-hybridized carbons (Fsp3) is 0.429. The number of hydrogen-bond acceptors (Lipinski definition) is 6. The number of nitrogens with one attached hydrogen (secondary N) is 2. The zero-order valence-electron chi connectivity index (χ0n) is 25.6. The number of hydrogen-bond donors (Lipinski definition) is 2. The molecule has 0 heterocycles. The highest BCUT2D eigenvalue weighted by atomic mass is 16.5. The maximum absolute atomic E-state index is 13.5. The minimum atomic E-state index is -1.07. The molecule has 1 aromatic carbocycles. The van der Waals surface area contributed by atoms with Gasteiger partial charge >= 0.3 is 5.97 Å². The van der Waals surface area contributed by atoms with Gasteiger partial charge in [-0.2, -0.15) is 0 Å². The zero-order chi connectivity index (χ0) is 31.9. The standard InChI is InChI=1S/C35H44N2O6/c1-7-13-28(39)20-21-32(35(42)43-23(2)3)37-34(41)31(17-10-8-9-14-24(4)26(6)38)36-33(40)22-27-19-18-25(5)29-15-11-12-16-30(27)29/h11-13,15-16,19,23,31-32H,1,4-5,8-10,14,17-18,20-22H2,2-3,6H3,(H,36,40)(H,37,41)/t31-,32-/m0/s1. The number of allylic oxidation sites excluding steroid dienone is 4. The predicted molar refractivity (Wildman–Crippen MR) is 169 cm³/mol. The second kappa shape index (κ2) is 17.6. The smallest absolute Gasteiger partial charge is 0.328 e.